The minimum absolute atomic E-state index is 0.0823. The molecule has 1 aromatic rings. The molecule has 114 valence electrons. The van der Waals surface area contributed by atoms with Gasteiger partial charge < -0.3 is 10.5 Å². The fraction of sp³-hybridized carbons (Fsp3) is 0.800. The standard InChI is InChI=1S/C15H26BrN3O/c1-3-9-19-14(12(16)10-18-19)13(17)15(20-2)11-7-5-4-6-8-11/h10-11,13,15H,3-9,17H2,1-2H3. The van der Waals surface area contributed by atoms with Crippen molar-refractivity contribution in [2.24, 2.45) is 11.7 Å². The number of hydrogen-bond acceptors (Lipinski definition) is 3. The first-order valence-corrected chi connectivity index (χ1v) is 8.47. The summed E-state index contributed by atoms with van der Waals surface area (Å²) in [5.41, 5.74) is 7.61. The van der Waals surface area contributed by atoms with Crippen LogP contribution in [0, 0.1) is 5.92 Å². The van der Waals surface area contributed by atoms with Gasteiger partial charge in [-0.25, -0.2) is 0 Å². The Kier molecular flexibility index (Phi) is 6.05. The van der Waals surface area contributed by atoms with Crippen LogP contribution < -0.4 is 5.73 Å². The largest absolute Gasteiger partial charge is 0.379 e. The molecule has 0 spiro atoms. The van der Waals surface area contributed by atoms with Gasteiger partial charge in [-0.3, -0.25) is 4.68 Å². The monoisotopic (exact) mass is 343 g/mol. The zero-order valence-corrected chi connectivity index (χ0v) is 14.1. The molecule has 0 radical (unpaired) electrons. The van der Waals surface area contributed by atoms with Gasteiger partial charge in [-0.05, 0) is 41.1 Å². The molecule has 2 rings (SSSR count). The highest BCUT2D eigenvalue weighted by molar-refractivity contribution is 9.10. The Bertz CT molecular complexity index is 415. The van der Waals surface area contributed by atoms with Crippen molar-refractivity contribution in [2.75, 3.05) is 7.11 Å². The van der Waals surface area contributed by atoms with Gasteiger partial charge >= 0.3 is 0 Å². The highest BCUT2D eigenvalue weighted by atomic mass is 79.9. The number of methoxy groups -OCH3 is 1. The number of rotatable bonds is 6. The molecule has 1 aromatic heterocycles. The van der Waals surface area contributed by atoms with Gasteiger partial charge in [-0.2, -0.15) is 5.10 Å². The van der Waals surface area contributed by atoms with Crippen molar-refractivity contribution >= 4 is 15.9 Å². The third-order valence-corrected chi connectivity index (χ3v) is 4.94. The highest BCUT2D eigenvalue weighted by Crippen LogP contribution is 2.35. The molecule has 1 saturated carbocycles. The van der Waals surface area contributed by atoms with Crippen molar-refractivity contribution in [3.8, 4) is 0 Å². The van der Waals surface area contributed by atoms with E-state index < -0.39 is 0 Å². The van der Waals surface area contributed by atoms with E-state index in [1.807, 2.05) is 10.9 Å². The van der Waals surface area contributed by atoms with E-state index in [9.17, 15) is 0 Å². The zero-order valence-electron chi connectivity index (χ0n) is 12.5. The molecule has 20 heavy (non-hydrogen) atoms. The Morgan fingerprint density at radius 1 is 1.45 bits per heavy atom. The second-order valence-electron chi connectivity index (χ2n) is 5.73. The second-order valence-corrected chi connectivity index (χ2v) is 6.58. The summed E-state index contributed by atoms with van der Waals surface area (Å²) in [6.07, 6.45) is 9.38. The van der Waals surface area contributed by atoms with E-state index in [2.05, 4.69) is 28.0 Å². The van der Waals surface area contributed by atoms with Crippen molar-refractivity contribution in [1.82, 2.24) is 9.78 Å². The molecule has 1 aliphatic rings. The average Bonchev–Trinajstić information content (AvgIpc) is 2.82. The first kappa shape index (κ1) is 16.0. The molecule has 0 aromatic carbocycles. The number of nitrogens with two attached hydrogens (primary N) is 1. The van der Waals surface area contributed by atoms with E-state index in [-0.39, 0.29) is 12.1 Å². The normalized spacial score (nSPS) is 20.0. The van der Waals surface area contributed by atoms with Gasteiger partial charge in [0.2, 0.25) is 0 Å². The van der Waals surface area contributed by atoms with Crippen LogP contribution in [-0.2, 0) is 11.3 Å². The van der Waals surface area contributed by atoms with Crippen LogP contribution >= 0.6 is 15.9 Å². The predicted octanol–water partition coefficient (Wildman–Crippen LogP) is 3.65. The SMILES string of the molecule is CCCn1ncc(Br)c1C(N)C(OC)C1CCCCC1. The van der Waals surface area contributed by atoms with Crippen LogP contribution in [0.15, 0.2) is 10.7 Å². The molecule has 0 bridgehead atoms. The van der Waals surface area contributed by atoms with Gasteiger partial charge in [0.1, 0.15) is 0 Å². The molecule has 0 aliphatic heterocycles. The molecule has 1 aliphatic carbocycles. The first-order chi connectivity index (χ1) is 9.69. The zero-order chi connectivity index (χ0) is 14.5. The lowest BCUT2D eigenvalue weighted by Gasteiger charge is -2.33. The Balaban J connectivity index is 2.18. The van der Waals surface area contributed by atoms with Crippen LogP contribution in [0.2, 0.25) is 0 Å². The van der Waals surface area contributed by atoms with Gasteiger partial charge in [0.25, 0.3) is 0 Å². The van der Waals surface area contributed by atoms with E-state index in [1.165, 1.54) is 32.1 Å². The number of halogens is 1. The van der Waals surface area contributed by atoms with Crippen LogP contribution in [0.25, 0.3) is 0 Å². The quantitative estimate of drug-likeness (QED) is 0.857. The highest BCUT2D eigenvalue weighted by Gasteiger charge is 2.32. The summed E-state index contributed by atoms with van der Waals surface area (Å²) in [5.74, 6) is 0.570. The average molecular weight is 344 g/mol. The van der Waals surface area contributed by atoms with E-state index in [0.29, 0.717) is 5.92 Å². The second kappa shape index (κ2) is 7.57. The summed E-state index contributed by atoms with van der Waals surface area (Å²) in [5, 5.41) is 4.42. The molecule has 0 saturated heterocycles. The van der Waals surface area contributed by atoms with E-state index in [4.69, 9.17) is 10.5 Å². The molecule has 1 fully saturated rings. The van der Waals surface area contributed by atoms with Crippen LogP contribution in [-0.4, -0.2) is 23.0 Å². The van der Waals surface area contributed by atoms with E-state index in [0.717, 1.165) is 23.1 Å². The minimum atomic E-state index is -0.119. The van der Waals surface area contributed by atoms with Crippen LogP contribution in [0.1, 0.15) is 57.2 Å². The van der Waals surface area contributed by atoms with Gasteiger partial charge in [0.05, 0.1) is 28.5 Å². The fourth-order valence-electron chi connectivity index (χ4n) is 3.34. The lowest BCUT2D eigenvalue weighted by atomic mass is 9.82. The Hall–Kier alpha value is -0.390. The summed E-state index contributed by atoms with van der Waals surface area (Å²) < 4.78 is 8.79. The molecule has 4 nitrogen and oxygen atoms in total. The topological polar surface area (TPSA) is 53.1 Å². The molecular weight excluding hydrogens is 318 g/mol. The van der Waals surface area contributed by atoms with E-state index >= 15 is 0 Å². The van der Waals surface area contributed by atoms with Crippen LogP contribution in [0.4, 0.5) is 0 Å². The van der Waals surface area contributed by atoms with Crippen LogP contribution in [0.5, 0.6) is 0 Å². The third kappa shape index (κ3) is 3.43. The van der Waals surface area contributed by atoms with Gasteiger partial charge in [0, 0.05) is 13.7 Å². The number of hydrogen-bond donors (Lipinski definition) is 1. The van der Waals surface area contributed by atoms with Crippen molar-refractivity contribution < 1.29 is 4.74 Å². The number of ether oxygens (including phenoxy) is 1. The summed E-state index contributed by atoms with van der Waals surface area (Å²) in [4.78, 5) is 0. The summed E-state index contributed by atoms with van der Waals surface area (Å²) in [6, 6.07) is -0.119. The van der Waals surface area contributed by atoms with Crippen molar-refractivity contribution in [3.05, 3.63) is 16.4 Å². The molecule has 2 N–H and O–H groups in total. The third-order valence-electron chi connectivity index (χ3n) is 4.32. The molecule has 0 amide bonds. The smallest absolute Gasteiger partial charge is 0.0807 e. The lowest BCUT2D eigenvalue weighted by molar-refractivity contribution is 0.0151. The van der Waals surface area contributed by atoms with Crippen molar-refractivity contribution in [3.63, 3.8) is 0 Å². The summed E-state index contributed by atoms with van der Waals surface area (Å²) >= 11 is 3.59. The van der Waals surface area contributed by atoms with Crippen molar-refractivity contribution in [2.45, 2.75) is 64.1 Å². The molecule has 2 unspecified atom stereocenters. The van der Waals surface area contributed by atoms with Gasteiger partial charge in [0.15, 0.2) is 0 Å². The van der Waals surface area contributed by atoms with Crippen molar-refractivity contribution in [1.29, 1.82) is 0 Å². The van der Waals surface area contributed by atoms with Gasteiger partial charge in [-0.1, -0.05) is 26.2 Å². The van der Waals surface area contributed by atoms with Crippen LogP contribution in [0.3, 0.4) is 0 Å². The molecule has 2 atom stereocenters. The maximum atomic E-state index is 6.54. The lowest BCUT2D eigenvalue weighted by Crippen LogP contribution is -2.37. The summed E-state index contributed by atoms with van der Waals surface area (Å²) in [7, 11) is 1.79. The number of nitrogens with zero attached hydrogens (tertiary/aromatic N) is 2. The predicted molar refractivity (Wildman–Crippen MR) is 84.5 cm³/mol. The Labute approximate surface area is 130 Å². The maximum Gasteiger partial charge on any atom is 0.0807 e. The molecule has 1 heterocycles. The summed E-state index contributed by atoms with van der Waals surface area (Å²) in [6.45, 7) is 3.05. The fourth-order valence-corrected chi connectivity index (χ4v) is 3.90. The molecule has 5 heteroatoms. The number of aryl methyl sites for hydroxylation is 1. The number of aromatic nitrogens is 2. The Morgan fingerprint density at radius 3 is 2.75 bits per heavy atom. The van der Waals surface area contributed by atoms with Gasteiger partial charge in [-0.15, -0.1) is 0 Å². The maximum absolute atomic E-state index is 6.54. The minimum Gasteiger partial charge on any atom is -0.379 e. The van der Waals surface area contributed by atoms with E-state index in [1.54, 1.807) is 7.11 Å². The molecular formula is C15H26BrN3O. The first-order valence-electron chi connectivity index (χ1n) is 7.68. The Morgan fingerprint density at radius 2 is 2.15 bits per heavy atom.